The highest BCUT2D eigenvalue weighted by atomic mass is 19.1. The largest absolute Gasteiger partial charge is 0.320 e. The molecule has 112 valence electrons. The van der Waals surface area contributed by atoms with Crippen LogP contribution in [0.25, 0.3) is 5.69 Å². The predicted molar refractivity (Wildman–Crippen MR) is 80.4 cm³/mol. The van der Waals surface area contributed by atoms with Crippen LogP contribution in [-0.4, -0.2) is 9.13 Å². The van der Waals surface area contributed by atoms with Gasteiger partial charge >= 0.3 is 11.1 Å². The Kier molecular flexibility index (Phi) is 4.40. The highest BCUT2D eigenvalue weighted by Gasteiger charge is 2.10. The molecule has 1 aromatic carbocycles. The molecule has 4 nitrogen and oxygen atoms in total. The summed E-state index contributed by atoms with van der Waals surface area (Å²) in [6.45, 7) is 6.21. The van der Waals surface area contributed by atoms with Crippen LogP contribution in [0.1, 0.15) is 25.8 Å². The second-order valence-corrected chi connectivity index (χ2v) is 5.54. The van der Waals surface area contributed by atoms with Gasteiger partial charge in [-0.05, 0) is 31.4 Å². The van der Waals surface area contributed by atoms with Crippen LogP contribution < -0.4 is 11.1 Å². The van der Waals surface area contributed by atoms with E-state index in [0.717, 1.165) is 6.42 Å². The smallest absolute Gasteiger partial charge is 0.309 e. The number of hydrogen-bond donors (Lipinski definition) is 0. The van der Waals surface area contributed by atoms with E-state index in [1.54, 1.807) is 19.2 Å². The minimum absolute atomic E-state index is 0.346. The fourth-order valence-electron chi connectivity index (χ4n) is 2.13. The zero-order valence-electron chi connectivity index (χ0n) is 12.5. The molecule has 2 aromatic rings. The molecule has 0 aliphatic rings. The molecular formula is C16H19FN2O2. The van der Waals surface area contributed by atoms with E-state index in [1.165, 1.54) is 27.5 Å². The van der Waals surface area contributed by atoms with E-state index in [1.807, 2.05) is 0 Å². The summed E-state index contributed by atoms with van der Waals surface area (Å²) in [6, 6.07) is 4.47. The van der Waals surface area contributed by atoms with Gasteiger partial charge in [-0.1, -0.05) is 19.9 Å². The van der Waals surface area contributed by atoms with Crippen LogP contribution in [0.3, 0.4) is 0 Å². The fraction of sp³-hybridized carbons (Fsp3) is 0.375. The highest BCUT2D eigenvalue weighted by Crippen LogP contribution is 2.14. The third kappa shape index (κ3) is 3.12. The Labute approximate surface area is 122 Å². The number of benzene rings is 1. The average Bonchev–Trinajstić information content (AvgIpc) is 2.44. The lowest BCUT2D eigenvalue weighted by molar-refractivity contribution is 0.502. The van der Waals surface area contributed by atoms with Gasteiger partial charge in [-0.25, -0.2) is 4.39 Å². The lowest BCUT2D eigenvalue weighted by atomic mass is 10.1. The number of rotatable bonds is 4. The van der Waals surface area contributed by atoms with Gasteiger partial charge in [0.25, 0.3) is 0 Å². The van der Waals surface area contributed by atoms with Crippen molar-refractivity contribution in [1.82, 2.24) is 9.13 Å². The van der Waals surface area contributed by atoms with Crippen molar-refractivity contribution in [3.05, 3.63) is 62.7 Å². The minimum Gasteiger partial charge on any atom is -0.309 e. The predicted octanol–water partition coefficient (Wildman–Crippen LogP) is 2.49. The van der Waals surface area contributed by atoms with Crippen LogP contribution in [0.2, 0.25) is 0 Å². The number of aryl methyl sites for hydroxylation is 1. The molecule has 0 amide bonds. The molecule has 1 aromatic heterocycles. The molecule has 0 unspecified atom stereocenters. The third-order valence-corrected chi connectivity index (χ3v) is 3.50. The lowest BCUT2D eigenvalue weighted by Crippen LogP contribution is -2.40. The Bertz CT molecular complexity index is 760. The van der Waals surface area contributed by atoms with Crippen molar-refractivity contribution in [2.45, 2.75) is 33.7 Å². The van der Waals surface area contributed by atoms with Crippen molar-refractivity contribution >= 4 is 0 Å². The highest BCUT2D eigenvalue weighted by molar-refractivity contribution is 5.40. The van der Waals surface area contributed by atoms with E-state index in [-0.39, 0.29) is 0 Å². The van der Waals surface area contributed by atoms with E-state index < -0.39 is 16.9 Å². The normalized spacial score (nSPS) is 11.1. The van der Waals surface area contributed by atoms with Gasteiger partial charge in [-0.15, -0.1) is 0 Å². The monoisotopic (exact) mass is 290 g/mol. The maximum absolute atomic E-state index is 13.6. The van der Waals surface area contributed by atoms with Crippen LogP contribution >= 0.6 is 0 Å². The second-order valence-electron chi connectivity index (χ2n) is 5.54. The van der Waals surface area contributed by atoms with Gasteiger partial charge in [-0.2, -0.15) is 0 Å². The summed E-state index contributed by atoms with van der Waals surface area (Å²) in [6.07, 6.45) is 3.92. The van der Waals surface area contributed by atoms with E-state index in [2.05, 4.69) is 13.8 Å². The van der Waals surface area contributed by atoms with E-state index in [0.29, 0.717) is 23.7 Å². The van der Waals surface area contributed by atoms with Crippen molar-refractivity contribution in [2.24, 2.45) is 5.92 Å². The van der Waals surface area contributed by atoms with Crippen molar-refractivity contribution in [3.63, 3.8) is 0 Å². The Hall–Kier alpha value is -2.17. The SMILES string of the molecule is Cc1c(F)cccc1-n1ccn(CCC(C)C)c(=O)c1=O. The van der Waals surface area contributed by atoms with E-state index >= 15 is 0 Å². The fourth-order valence-corrected chi connectivity index (χ4v) is 2.13. The van der Waals surface area contributed by atoms with E-state index in [4.69, 9.17) is 0 Å². The maximum Gasteiger partial charge on any atom is 0.320 e. The van der Waals surface area contributed by atoms with Gasteiger partial charge in [0.05, 0.1) is 5.69 Å². The molecule has 0 N–H and O–H groups in total. The summed E-state index contributed by atoms with van der Waals surface area (Å²) in [5, 5.41) is 0. The molecule has 0 aliphatic heterocycles. The molecule has 5 heteroatoms. The molecule has 0 fully saturated rings. The molecule has 0 saturated carbocycles. The van der Waals surface area contributed by atoms with Gasteiger partial charge in [0.2, 0.25) is 0 Å². The molecular weight excluding hydrogens is 271 g/mol. The summed E-state index contributed by atoms with van der Waals surface area (Å²) in [5.41, 5.74) is -0.496. The second kappa shape index (κ2) is 6.08. The van der Waals surface area contributed by atoms with Crippen LogP contribution in [0.5, 0.6) is 0 Å². The Morgan fingerprint density at radius 3 is 2.52 bits per heavy atom. The first-order chi connectivity index (χ1) is 9.91. The molecule has 0 saturated heterocycles. The van der Waals surface area contributed by atoms with Crippen LogP contribution in [0.4, 0.5) is 4.39 Å². The maximum atomic E-state index is 13.6. The number of hydrogen-bond acceptors (Lipinski definition) is 2. The standard InChI is InChI=1S/C16H19FN2O2/c1-11(2)7-8-18-9-10-19(16(21)15(18)20)14-6-4-5-13(17)12(14)3/h4-6,9-11H,7-8H2,1-3H3. The summed E-state index contributed by atoms with van der Waals surface area (Å²) >= 11 is 0. The Morgan fingerprint density at radius 1 is 1.14 bits per heavy atom. The molecule has 0 atom stereocenters. The van der Waals surface area contributed by atoms with Gasteiger partial charge in [0, 0.05) is 24.5 Å². The zero-order chi connectivity index (χ0) is 15.6. The summed E-state index contributed by atoms with van der Waals surface area (Å²) in [5.74, 6) is 0.0492. The average molecular weight is 290 g/mol. The van der Waals surface area contributed by atoms with Crippen molar-refractivity contribution in [3.8, 4) is 5.69 Å². The van der Waals surface area contributed by atoms with Crippen molar-refractivity contribution < 1.29 is 4.39 Å². The van der Waals surface area contributed by atoms with Crippen molar-refractivity contribution in [1.29, 1.82) is 0 Å². The summed E-state index contributed by atoms with van der Waals surface area (Å²) < 4.78 is 16.2. The molecule has 0 bridgehead atoms. The van der Waals surface area contributed by atoms with Gasteiger partial charge in [0.15, 0.2) is 0 Å². The first kappa shape index (κ1) is 15.2. The lowest BCUT2D eigenvalue weighted by Gasteiger charge is -2.12. The van der Waals surface area contributed by atoms with Crippen LogP contribution in [0.15, 0.2) is 40.2 Å². The van der Waals surface area contributed by atoms with Gasteiger partial charge in [0.1, 0.15) is 5.82 Å². The quantitative estimate of drug-likeness (QED) is 0.812. The van der Waals surface area contributed by atoms with Crippen LogP contribution in [-0.2, 0) is 6.54 Å². The number of aromatic nitrogens is 2. The first-order valence-corrected chi connectivity index (χ1v) is 6.99. The Morgan fingerprint density at radius 2 is 1.86 bits per heavy atom. The minimum atomic E-state index is -0.657. The first-order valence-electron chi connectivity index (χ1n) is 6.99. The molecule has 21 heavy (non-hydrogen) atoms. The zero-order valence-corrected chi connectivity index (χ0v) is 12.5. The number of nitrogens with zero attached hydrogens (tertiary/aromatic N) is 2. The molecule has 2 rings (SSSR count). The summed E-state index contributed by atoms with van der Waals surface area (Å²) in [7, 11) is 0. The Balaban J connectivity index is 2.49. The van der Waals surface area contributed by atoms with E-state index in [9.17, 15) is 14.0 Å². The molecule has 1 heterocycles. The number of halogens is 1. The van der Waals surface area contributed by atoms with Gasteiger partial charge < -0.3 is 4.57 Å². The molecule has 0 spiro atoms. The van der Waals surface area contributed by atoms with Gasteiger partial charge in [-0.3, -0.25) is 14.2 Å². The summed E-state index contributed by atoms with van der Waals surface area (Å²) in [4.78, 5) is 24.3. The van der Waals surface area contributed by atoms with Crippen LogP contribution in [0, 0.1) is 18.7 Å². The topological polar surface area (TPSA) is 44.0 Å². The molecule has 0 aliphatic carbocycles. The third-order valence-electron chi connectivity index (χ3n) is 3.50. The van der Waals surface area contributed by atoms with Crippen molar-refractivity contribution in [2.75, 3.05) is 0 Å². The molecule has 0 radical (unpaired) electrons.